The van der Waals surface area contributed by atoms with Crippen molar-refractivity contribution in [1.29, 1.82) is 0 Å². The molecule has 2 heterocycles. The highest BCUT2D eigenvalue weighted by Gasteiger charge is 2.25. The van der Waals surface area contributed by atoms with Gasteiger partial charge in [-0.1, -0.05) is 48.5 Å². The van der Waals surface area contributed by atoms with Crippen molar-refractivity contribution in [1.82, 2.24) is 9.88 Å². The Hall–Kier alpha value is -3.38. The summed E-state index contributed by atoms with van der Waals surface area (Å²) in [6.45, 7) is 4.13. The second-order valence-corrected chi connectivity index (χ2v) is 7.10. The molecule has 0 atom stereocenters. The number of aromatic carboxylic acids is 1. The van der Waals surface area contributed by atoms with Crippen LogP contribution in [0.1, 0.15) is 15.9 Å². The zero-order valence-electron chi connectivity index (χ0n) is 16.2. The van der Waals surface area contributed by atoms with Crippen LogP contribution in [0.25, 0.3) is 0 Å². The van der Waals surface area contributed by atoms with Crippen LogP contribution in [0.4, 0.5) is 17.2 Å². The first-order chi connectivity index (χ1) is 14.2. The van der Waals surface area contributed by atoms with Crippen LogP contribution in [0.5, 0.6) is 0 Å². The van der Waals surface area contributed by atoms with E-state index in [9.17, 15) is 9.90 Å². The highest BCUT2D eigenvalue weighted by Crippen LogP contribution is 2.29. The van der Waals surface area contributed by atoms with Gasteiger partial charge in [0.1, 0.15) is 11.4 Å². The Balaban J connectivity index is 1.50. The molecular formula is C23H24N4O2. The molecule has 2 N–H and O–H groups in total. The van der Waals surface area contributed by atoms with Gasteiger partial charge >= 0.3 is 5.97 Å². The van der Waals surface area contributed by atoms with Crippen LogP contribution in [0.2, 0.25) is 0 Å². The molecular weight excluding hydrogens is 364 g/mol. The topological polar surface area (TPSA) is 68.7 Å². The molecule has 0 bridgehead atoms. The van der Waals surface area contributed by atoms with E-state index in [1.54, 1.807) is 12.3 Å². The molecule has 0 aliphatic carbocycles. The fraction of sp³-hybridized carbons (Fsp3) is 0.217. The summed E-state index contributed by atoms with van der Waals surface area (Å²) in [6.07, 6.45) is 1.67. The zero-order valence-corrected chi connectivity index (χ0v) is 16.2. The maximum Gasteiger partial charge on any atom is 0.341 e. The number of nitrogens with one attached hydrogen (secondary N) is 1. The molecule has 6 heteroatoms. The third-order valence-corrected chi connectivity index (χ3v) is 5.12. The number of rotatable bonds is 6. The molecule has 1 aromatic heterocycles. The lowest BCUT2D eigenvalue weighted by atomic mass is 10.1. The average Bonchev–Trinajstić information content (AvgIpc) is 2.75. The Morgan fingerprint density at radius 1 is 0.931 bits per heavy atom. The molecule has 1 aliphatic heterocycles. The quantitative estimate of drug-likeness (QED) is 0.669. The number of carbonyl (C=O) groups is 1. The average molecular weight is 388 g/mol. The predicted molar refractivity (Wildman–Crippen MR) is 115 cm³/mol. The van der Waals surface area contributed by atoms with Gasteiger partial charge in [0.2, 0.25) is 0 Å². The summed E-state index contributed by atoms with van der Waals surface area (Å²) >= 11 is 0. The highest BCUT2D eigenvalue weighted by atomic mass is 16.4. The van der Waals surface area contributed by atoms with Gasteiger partial charge < -0.3 is 15.3 Å². The van der Waals surface area contributed by atoms with Gasteiger partial charge in [-0.15, -0.1) is 0 Å². The van der Waals surface area contributed by atoms with Crippen LogP contribution in [-0.2, 0) is 6.54 Å². The Morgan fingerprint density at radius 2 is 1.59 bits per heavy atom. The van der Waals surface area contributed by atoms with Crippen molar-refractivity contribution in [2.75, 3.05) is 36.4 Å². The van der Waals surface area contributed by atoms with Crippen molar-refractivity contribution in [3.63, 3.8) is 0 Å². The van der Waals surface area contributed by atoms with E-state index in [0.29, 0.717) is 11.5 Å². The van der Waals surface area contributed by atoms with E-state index in [2.05, 4.69) is 44.4 Å². The minimum atomic E-state index is -0.974. The number of carboxylic acid groups (broad SMARTS) is 1. The van der Waals surface area contributed by atoms with E-state index >= 15 is 0 Å². The number of pyridine rings is 1. The second-order valence-electron chi connectivity index (χ2n) is 7.10. The van der Waals surface area contributed by atoms with E-state index in [-0.39, 0.29) is 5.56 Å². The lowest BCUT2D eigenvalue weighted by Gasteiger charge is -2.36. The Labute approximate surface area is 170 Å². The molecule has 4 rings (SSSR count). The van der Waals surface area contributed by atoms with Crippen LogP contribution in [0.3, 0.4) is 0 Å². The first-order valence-corrected chi connectivity index (χ1v) is 9.76. The van der Waals surface area contributed by atoms with E-state index in [0.717, 1.165) is 38.4 Å². The summed E-state index contributed by atoms with van der Waals surface area (Å²) in [5, 5.41) is 13.1. The third kappa shape index (κ3) is 4.55. The van der Waals surface area contributed by atoms with Gasteiger partial charge in [0, 0.05) is 44.6 Å². The second kappa shape index (κ2) is 8.75. The fourth-order valence-electron chi connectivity index (χ4n) is 3.64. The summed E-state index contributed by atoms with van der Waals surface area (Å²) in [7, 11) is 0. The smallest absolute Gasteiger partial charge is 0.341 e. The van der Waals surface area contributed by atoms with E-state index < -0.39 is 5.97 Å². The molecule has 29 heavy (non-hydrogen) atoms. The molecule has 6 nitrogen and oxygen atoms in total. The summed E-state index contributed by atoms with van der Waals surface area (Å²) in [4.78, 5) is 20.9. The van der Waals surface area contributed by atoms with Crippen molar-refractivity contribution < 1.29 is 9.90 Å². The summed E-state index contributed by atoms with van der Waals surface area (Å²) < 4.78 is 0. The van der Waals surface area contributed by atoms with Crippen molar-refractivity contribution in [2.24, 2.45) is 0 Å². The maximum atomic E-state index is 12.1. The van der Waals surface area contributed by atoms with Gasteiger partial charge in [0.25, 0.3) is 0 Å². The van der Waals surface area contributed by atoms with Crippen LogP contribution in [0.15, 0.2) is 72.9 Å². The molecule has 0 saturated carbocycles. The number of hydrogen-bond donors (Lipinski definition) is 2. The van der Waals surface area contributed by atoms with Gasteiger partial charge in [-0.25, -0.2) is 9.78 Å². The fourth-order valence-corrected chi connectivity index (χ4v) is 3.64. The predicted octanol–water partition coefficient (Wildman–Crippen LogP) is 3.85. The van der Waals surface area contributed by atoms with E-state index in [4.69, 9.17) is 0 Å². The van der Waals surface area contributed by atoms with Gasteiger partial charge in [-0.3, -0.25) is 4.90 Å². The first-order valence-electron chi connectivity index (χ1n) is 9.76. The molecule has 1 fully saturated rings. The molecule has 0 radical (unpaired) electrons. The molecule has 0 unspecified atom stereocenters. The van der Waals surface area contributed by atoms with Gasteiger partial charge in [0.05, 0.1) is 5.69 Å². The van der Waals surface area contributed by atoms with Crippen LogP contribution < -0.4 is 10.2 Å². The summed E-state index contributed by atoms with van der Waals surface area (Å²) in [5.74, 6) is -0.448. The lowest BCUT2D eigenvalue weighted by molar-refractivity contribution is 0.0698. The number of nitrogens with zero attached hydrogens (tertiary/aromatic N) is 3. The number of piperazine rings is 1. The summed E-state index contributed by atoms with van der Waals surface area (Å²) in [6, 6.07) is 21.7. The third-order valence-electron chi connectivity index (χ3n) is 5.12. The van der Waals surface area contributed by atoms with Crippen molar-refractivity contribution in [3.8, 4) is 0 Å². The van der Waals surface area contributed by atoms with E-state index in [1.807, 2.05) is 36.4 Å². The number of hydrogen-bond acceptors (Lipinski definition) is 5. The van der Waals surface area contributed by atoms with Gasteiger partial charge in [-0.2, -0.15) is 0 Å². The van der Waals surface area contributed by atoms with Crippen molar-refractivity contribution in [2.45, 2.75) is 6.54 Å². The van der Waals surface area contributed by atoms with E-state index in [1.165, 1.54) is 5.56 Å². The van der Waals surface area contributed by atoms with Gasteiger partial charge in [-0.05, 0) is 23.8 Å². The Kier molecular flexibility index (Phi) is 5.72. The number of carboxylic acids is 1. The zero-order chi connectivity index (χ0) is 20.1. The maximum absolute atomic E-state index is 12.1. The Bertz CT molecular complexity index is 955. The monoisotopic (exact) mass is 388 g/mol. The number of benzene rings is 2. The molecule has 0 spiro atoms. The molecule has 1 aliphatic rings. The minimum Gasteiger partial charge on any atom is -0.477 e. The number of anilines is 3. The molecule has 0 amide bonds. The van der Waals surface area contributed by atoms with Crippen molar-refractivity contribution >= 4 is 23.2 Å². The summed E-state index contributed by atoms with van der Waals surface area (Å²) in [5.41, 5.74) is 2.91. The lowest BCUT2D eigenvalue weighted by Crippen LogP contribution is -2.46. The van der Waals surface area contributed by atoms with Crippen LogP contribution in [0, 0.1) is 0 Å². The van der Waals surface area contributed by atoms with Crippen molar-refractivity contribution in [3.05, 3.63) is 84.1 Å². The molecule has 148 valence electrons. The Morgan fingerprint density at radius 3 is 2.24 bits per heavy atom. The molecule has 2 aromatic carbocycles. The van der Waals surface area contributed by atoms with Gasteiger partial charge in [0.15, 0.2) is 0 Å². The number of aromatic nitrogens is 1. The normalized spacial score (nSPS) is 14.6. The molecule has 1 saturated heterocycles. The minimum absolute atomic E-state index is 0.216. The number of para-hydroxylation sites is 1. The standard InChI is InChI=1S/C23H24N4O2/c28-23(29)21-20(25-19-9-5-2-6-10-19)11-12-24-22(21)27-15-13-26(14-16-27)17-18-7-3-1-4-8-18/h1-12H,13-17H2,(H,24,25)(H,28,29). The largest absolute Gasteiger partial charge is 0.477 e. The van der Waals surface area contributed by atoms with Crippen LogP contribution in [-0.4, -0.2) is 47.1 Å². The highest BCUT2D eigenvalue weighted by molar-refractivity contribution is 6.00. The first kappa shape index (κ1) is 19.0. The SMILES string of the molecule is O=C(O)c1c(Nc2ccccc2)ccnc1N1CCN(Cc2ccccc2)CC1. The molecule has 3 aromatic rings. The van der Waals surface area contributed by atoms with Crippen LogP contribution >= 0.6 is 0 Å².